The first-order chi connectivity index (χ1) is 9.31. The van der Waals surface area contributed by atoms with Gasteiger partial charge in [0.1, 0.15) is 6.04 Å². The molecule has 0 saturated heterocycles. The fraction of sp³-hybridized carbons (Fsp3) is 0.562. The Morgan fingerprint density at radius 1 is 1.25 bits per heavy atom. The molecule has 0 aliphatic heterocycles. The predicted molar refractivity (Wildman–Crippen MR) is 81.3 cm³/mol. The number of hydrogen-bond acceptors (Lipinski definition) is 4. The van der Waals surface area contributed by atoms with Gasteiger partial charge in [0.15, 0.2) is 0 Å². The average molecular weight is 278 g/mol. The molecule has 0 heterocycles. The van der Waals surface area contributed by atoms with Gasteiger partial charge in [-0.3, -0.25) is 4.79 Å². The highest BCUT2D eigenvalue weighted by atomic mass is 16.5. The molecule has 1 aromatic carbocycles. The number of carbonyl (C=O) groups excluding carboxylic acids is 1. The average Bonchev–Trinajstić information content (AvgIpc) is 2.37. The van der Waals surface area contributed by atoms with Crippen LogP contribution in [0.25, 0.3) is 0 Å². The first-order valence-corrected chi connectivity index (χ1v) is 7.07. The Labute approximate surface area is 121 Å². The molecule has 1 atom stereocenters. The van der Waals surface area contributed by atoms with E-state index in [1.165, 1.54) is 5.56 Å². The van der Waals surface area contributed by atoms with Crippen molar-refractivity contribution in [1.82, 2.24) is 5.32 Å². The number of nitrogens with one attached hydrogen (secondary N) is 1. The van der Waals surface area contributed by atoms with Crippen molar-refractivity contribution in [1.29, 1.82) is 0 Å². The van der Waals surface area contributed by atoms with Crippen LogP contribution < -0.4 is 11.1 Å². The summed E-state index contributed by atoms with van der Waals surface area (Å²) in [6.07, 6.45) is 0.506. The van der Waals surface area contributed by atoms with Gasteiger partial charge in [-0.15, -0.1) is 0 Å². The fourth-order valence-electron chi connectivity index (χ4n) is 1.75. The minimum atomic E-state index is -0.589. The first kappa shape index (κ1) is 16.7. The number of nitrogens with two attached hydrogens (primary N) is 1. The summed E-state index contributed by atoms with van der Waals surface area (Å²) in [4.78, 5) is 11.5. The van der Waals surface area contributed by atoms with Crippen LogP contribution in [0.1, 0.15) is 38.8 Å². The van der Waals surface area contributed by atoms with Crippen molar-refractivity contribution in [2.24, 2.45) is 5.73 Å². The molecule has 0 amide bonds. The van der Waals surface area contributed by atoms with Crippen molar-refractivity contribution in [3.8, 4) is 0 Å². The van der Waals surface area contributed by atoms with E-state index in [9.17, 15) is 4.79 Å². The van der Waals surface area contributed by atoms with E-state index in [0.717, 1.165) is 12.1 Å². The molecule has 0 aliphatic carbocycles. The smallest absolute Gasteiger partial charge is 0.323 e. The maximum atomic E-state index is 11.5. The minimum Gasteiger partial charge on any atom is -0.465 e. The molecule has 4 nitrogen and oxygen atoms in total. The second-order valence-corrected chi connectivity index (χ2v) is 5.98. The normalized spacial score (nSPS) is 13.1. The van der Waals surface area contributed by atoms with Crippen molar-refractivity contribution < 1.29 is 9.53 Å². The van der Waals surface area contributed by atoms with E-state index in [1.54, 1.807) is 6.92 Å². The lowest BCUT2D eigenvalue weighted by molar-refractivity contribution is -0.144. The highest BCUT2D eigenvalue weighted by Crippen LogP contribution is 2.09. The number of ether oxygens (including phenoxy) is 1. The van der Waals surface area contributed by atoms with Crippen LogP contribution in [0.5, 0.6) is 0 Å². The van der Waals surface area contributed by atoms with Gasteiger partial charge < -0.3 is 15.8 Å². The van der Waals surface area contributed by atoms with E-state index in [1.807, 2.05) is 12.1 Å². The molecule has 3 N–H and O–H groups in total. The Kier molecular flexibility index (Phi) is 6.17. The summed E-state index contributed by atoms with van der Waals surface area (Å²) in [5.41, 5.74) is 8.17. The summed E-state index contributed by atoms with van der Waals surface area (Å²) in [6, 6.07) is 7.56. The van der Waals surface area contributed by atoms with Crippen molar-refractivity contribution in [3.63, 3.8) is 0 Å². The molecule has 0 spiro atoms. The molecule has 1 rings (SSSR count). The fourth-order valence-corrected chi connectivity index (χ4v) is 1.75. The third kappa shape index (κ3) is 6.17. The van der Waals surface area contributed by atoms with Crippen LogP contribution in [-0.2, 0) is 22.5 Å². The standard InChI is InChI=1S/C16H26N2O2/c1-5-20-15(19)14(17)10-12-6-8-13(9-7-12)11-18-16(2,3)4/h6-9,14,18H,5,10-11,17H2,1-4H3. The number of benzene rings is 1. The molecule has 1 aromatic rings. The first-order valence-electron chi connectivity index (χ1n) is 7.07. The number of hydrogen-bond donors (Lipinski definition) is 2. The molecule has 20 heavy (non-hydrogen) atoms. The second kappa shape index (κ2) is 7.41. The third-order valence-electron chi connectivity index (χ3n) is 2.89. The van der Waals surface area contributed by atoms with Crippen LogP contribution in [0.15, 0.2) is 24.3 Å². The lowest BCUT2D eigenvalue weighted by Crippen LogP contribution is -2.35. The van der Waals surface area contributed by atoms with Crippen LogP contribution in [0.3, 0.4) is 0 Å². The van der Waals surface area contributed by atoms with Gasteiger partial charge in [0.05, 0.1) is 6.61 Å². The molecule has 4 heteroatoms. The van der Waals surface area contributed by atoms with E-state index in [2.05, 4.69) is 38.2 Å². The van der Waals surface area contributed by atoms with Gasteiger partial charge in [0, 0.05) is 12.1 Å². The van der Waals surface area contributed by atoms with Gasteiger partial charge in [-0.2, -0.15) is 0 Å². The topological polar surface area (TPSA) is 64.3 Å². The summed E-state index contributed by atoms with van der Waals surface area (Å²) in [7, 11) is 0. The Morgan fingerprint density at radius 2 is 1.80 bits per heavy atom. The Morgan fingerprint density at radius 3 is 2.30 bits per heavy atom. The molecule has 0 aliphatic rings. The minimum absolute atomic E-state index is 0.102. The molecule has 0 aromatic heterocycles. The SMILES string of the molecule is CCOC(=O)C(N)Cc1ccc(CNC(C)(C)C)cc1. The van der Waals surface area contributed by atoms with Gasteiger partial charge in [-0.1, -0.05) is 24.3 Å². The molecule has 0 bridgehead atoms. The van der Waals surface area contributed by atoms with Crippen LogP contribution >= 0.6 is 0 Å². The van der Waals surface area contributed by atoms with Crippen molar-refractivity contribution in [2.75, 3.05) is 6.61 Å². The van der Waals surface area contributed by atoms with Crippen molar-refractivity contribution in [3.05, 3.63) is 35.4 Å². The molecule has 0 fully saturated rings. The van der Waals surface area contributed by atoms with Gasteiger partial charge in [-0.05, 0) is 45.2 Å². The Bertz CT molecular complexity index is 421. The van der Waals surface area contributed by atoms with Crippen molar-refractivity contribution in [2.45, 2.75) is 52.2 Å². The Balaban J connectivity index is 2.52. The molecule has 1 unspecified atom stereocenters. The van der Waals surface area contributed by atoms with E-state index >= 15 is 0 Å². The van der Waals surface area contributed by atoms with Crippen molar-refractivity contribution >= 4 is 5.97 Å². The highest BCUT2D eigenvalue weighted by molar-refractivity contribution is 5.75. The molecule has 112 valence electrons. The second-order valence-electron chi connectivity index (χ2n) is 5.98. The monoisotopic (exact) mass is 278 g/mol. The largest absolute Gasteiger partial charge is 0.465 e. The molecule has 0 saturated carbocycles. The van der Waals surface area contributed by atoms with Gasteiger partial charge in [-0.25, -0.2) is 0 Å². The quantitative estimate of drug-likeness (QED) is 0.781. The lowest BCUT2D eigenvalue weighted by atomic mass is 10.0. The van der Waals surface area contributed by atoms with E-state index in [4.69, 9.17) is 10.5 Å². The van der Waals surface area contributed by atoms with Crippen LogP contribution in [0, 0.1) is 0 Å². The van der Waals surface area contributed by atoms with Gasteiger partial charge in [0.25, 0.3) is 0 Å². The number of carbonyl (C=O) groups is 1. The van der Waals surface area contributed by atoms with Crippen LogP contribution in [0.2, 0.25) is 0 Å². The molecule has 0 radical (unpaired) electrons. The zero-order valence-electron chi connectivity index (χ0n) is 12.9. The summed E-state index contributed by atoms with van der Waals surface area (Å²) in [5.74, 6) is -0.342. The summed E-state index contributed by atoms with van der Waals surface area (Å²) in [5, 5.41) is 3.43. The maximum absolute atomic E-state index is 11.5. The predicted octanol–water partition coefficient (Wildman–Crippen LogP) is 2.01. The van der Waals surface area contributed by atoms with E-state index in [0.29, 0.717) is 13.0 Å². The highest BCUT2D eigenvalue weighted by Gasteiger charge is 2.15. The third-order valence-corrected chi connectivity index (χ3v) is 2.89. The molecular weight excluding hydrogens is 252 g/mol. The lowest BCUT2D eigenvalue weighted by Gasteiger charge is -2.20. The Hall–Kier alpha value is -1.39. The van der Waals surface area contributed by atoms with Crippen LogP contribution in [-0.4, -0.2) is 24.2 Å². The summed E-state index contributed by atoms with van der Waals surface area (Å²) < 4.78 is 4.90. The van der Waals surface area contributed by atoms with Gasteiger partial charge in [0.2, 0.25) is 0 Å². The maximum Gasteiger partial charge on any atom is 0.323 e. The van der Waals surface area contributed by atoms with Crippen LogP contribution in [0.4, 0.5) is 0 Å². The summed E-state index contributed by atoms with van der Waals surface area (Å²) in [6.45, 7) is 9.39. The van der Waals surface area contributed by atoms with Gasteiger partial charge >= 0.3 is 5.97 Å². The zero-order valence-corrected chi connectivity index (χ0v) is 12.9. The number of esters is 1. The molecular formula is C16H26N2O2. The van der Waals surface area contributed by atoms with E-state index in [-0.39, 0.29) is 11.5 Å². The zero-order chi connectivity index (χ0) is 15.2. The number of rotatable bonds is 6. The summed E-state index contributed by atoms with van der Waals surface area (Å²) >= 11 is 0. The van der Waals surface area contributed by atoms with E-state index < -0.39 is 6.04 Å².